The Bertz CT molecular complexity index is 224. The minimum atomic E-state index is -0.705. The van der Waals surface area contributed by atoms with Gasteiger partial charge < -0.3 is 5.11 Å². The Morgan fingerprint density at radius 3 is 3.20 bits per heavy atom. The highest BCUT2D eigenvalue weighted by atomic mass is 16.3. The second kappa shape index (κ2) is 2.99. The molecule has 4 heteroatoms. The summed E-state index contributed by atoms with van der Waals surface area (Å²) in [4.78, 5) is 0. The summed E-state index contributed by atoms with van der Waals surface area (Å²) in [5, 5.41) is 23.5. The molecular formula is C6H7N3O. The lowest BCUT2D eigenvalue weighted by Crippen LogP contribution is -1.92. The molecule has 1 rings (SSSR count). The van der Waals surface area contributed by atoms with E-state index in [-0.39, 0.29) is 6.42 Å². The number of hydrogen-bond acceptors (Lipinski definition) is 3. The van der Waals surface area contributed by atoms with Gasteiger partial charge in [0.2, 0.25) is 0 Å². The molecule has 0 spiro atoms. The number of aliphatic hydroxyl groups excluding tert-OH is 1. The van der Waals surface area contributed by atoms with Crippen molar-refractivity contribution in [2.75, 3.05) is 0 Å². The standard InChI is InChI=1S/C6H7N3O/c7-2-1-6(10)5-3-8-9-4-5/h3-4,6,10H,1H2,(H,8,9). The Hall–Kier alpha value is -1.34. The quantitative estimate of drug-likeness (QED) is 0.618. The Kier molecular flexibility index (Phi) is 2.03. The molecule has 0 saturated heterocycles. The van der Waals surface area contributed by atoms with Crippen molar-refractivity contribution in [3.05, 3.63) is 18.0 Å². The molecule has 4 nitrogen and oxygen atoms in total. The third-order valence-electron chi connectivity index (χ3n) is 1.19. The average molecular weight is 137 g/mol. The van der Waals surface area contributed by atoms with Crippen molar-refractivity contribution in [1.29, 1.82) is 5.26 Å². The van der Waals surface area contributed by atoms with E-state index < -0.39 is 6.10 Å². The molecule has 0 bridgehead atoms. The first kappa shape index (κ1) is 6.78. The van der Waals surface area contributed by atoms with E-state index in [0.717, 1.165) is 0 Å². The maximum absolute atomic E-state index is 9.13. The molecule has 1 heterocycles. The maximum Gasteiger partial charge on any atom is 0.0950 e. The van der Waals surface area contributed by atoms with Crippen LogP contribution in [0.25, 0.3) is 0 Å². The van der Waals surface area contributed by atoms with E-state index in [2.05, 4.69) is 10.2 Å². The predicted octanol–water partition coefficient (Wildman–Crippen LogP) is 0.357. The van der Waals surface area contributed by atoms with Gasteiger partial charge in [-0.3, -0.25) is 5.10 Å². The number of nitriles is 1. The minimum Gasteiger partial charge on any atom is -0.387 e. The normalized spacial score (nSPS) is 12.4. The lowest BCUT2D eigenvalue weighted by molar-refractivity contribution is 0.183. The molecule has 1 aromatic heterocycles. The van der Waals surface area contributed by atoms with Gasteiger partial charge in [-0.1, -0.05) is 0 Å². The zero-order valence-corrected chi connectivity index (χ0v) is 5.28. The van der Waals surface area contributed by atoms with Gasteiger partial charge in [0.15, 0.2) is 0 Å². The number of nitrogens with zero attached hydrogens (tertiary/aromatic N) is 2. The monoisotopic (exact) mass is 137 g/mol. The lowest BCUT2D eigenvalue weighted by atomic mass is 10.2. The molecule has 1 atom stereocenters. The van der Waals surface area contributed by atoms with E-state index in [9.17, 15) is 0 Å². The van der Waals surface area contributed by atoms with Crippen LogP contribution in [-0.4, -0.2) is 15.3 Å². The Balaban J connectivity index is 2.61. The number of H-pyrrole nitrogens is 1. The van der Waals surface area contributed by atoms with Crippen molar-refractivity contribution in [2.45, 2.75) is 12.5 Å². The molecule has 1 unspecified atom stereocenters. The van der Waals surface area contributed by atoms with Crippen LogP contribution in [0.1, 0.15) is 18.1 Å². The van der Waals surface area contributed by atoms with Gasteiger partial charge in [0, 0.05) is 11.8 Å². The van der Waals surface area contributed by atoms with E-state index in [1.54, 1.807) is 6.20 Å². The average Bonchev–Trinajstić information content (AvgIpc) is 2.38. The third kappa shape index (κ3) is 1.33. The summed E-state index contributed by atoms with van der Waals surface area (Å²) >= 11 is 0. The SMILES string of the molecule is N#CCC(O)c1cn[nH]c1. The molecule has 0 amide bonds. The summed E-state index contributed by atoms with van der Waals surface area (Å²) in [7, 11) is 0. The van der Waals surface area contributed by atoms with Crippen molar-refractivity contribution in [2.24, 2.45) is 0 Å². The fraction of sp³-hybridized carbons (Fsp3) is 0.333. The third-order valence-corrected chi connectivity index (χ3v) is 1.19. The zero-order chi connectivity index (χ0) is 7.40. The summed E-state index contributed by atoms with van der Waals surface area (Å²) in [5.74, 6) is 0. The van der Waals surface area contributed by atoms with Crippen molar-refractivity contribution in [3.8, 4) is 6.07 Å². The summed E-state index contributed by atoms with van der Waals surface area (Å²) < 4.78 is 0. The smallest absolute Gasteiger partial charge is 0.0950 e. The van der Waals surface area contributed by atoms with Gasteiger partial charge in [0.05, 0.1) is 24.8 Å². The van der Waals surface area contributed by atoms with Crippen LogP contribution in [0, 0.1) is 11.3 Å². The number of hydrogen-bond donors (Lipinski definition) is 2. The van der Waals surface area contributed by atoms with Crippen LogP contribution in [0.15, 0.2) is 12.4 Å². The fourth-order valence-corrected chi connectivity index (χ4v) is 0.647. The molecule has 0 aliphatic rings. The van der Waals surface area contributed by atoms with Crippen LogP contribution in [0.5, 0.6) is 0 Å². The van der Waals surface area contributed by atoms with Crippen LogP contribution in [-0.2, 0) is 0 Å². The van der Waals surface area contributed by atoms with Gasteiger partial charge in [0.25, 0.3) is 0 Å². The van der Waals surface area contributed by atoms with Gasteiger partial charge in [-0.05, 0) is 0 Å². The maximum atomic E-state index is 9.13. The number of aromatic amines is 1. The van der Waals surface area contributed by atoms with Crippen LogP contribution in [0.4, 0.5) is 0 Å². The zero-order valence-electron chi connectivity index (χ0n) is 5.28. The summed E-state index contributed by atoms with van der Waals surface area (Å²) in [6.45, 7) is 0. The topological polar surface area (TPSA) is 72.7 Å². The Morgan fingerprint density at radius 1 is 1.90 bits per heavy atom. The van der Waals surface area contributed by atoms with Crippen LogP contribution < -0.4 is 0 Å². The van der Waals surface area contributed by atoms with Crippen molar-refractivity contribution in [3.63, 3.8) is 0 Å². The van der Waals surface area contributed by atoms with Gasteiger partial charge in [-0.15, -0.1) is 0 Å². The molecule has 0 aliphatic carbocycles. The number of aliphatic hydroxyl groups is 1. The summed E-state index contributed by atoms with van der Waals surface area (Å²) in [5.41, 5.74) is 0.654. The first-order valence-electron chi connectivity index (χ1n) is 2.88. The van der Waals surface area contributed by atoms with Crippen molar-refractivity contribution >= 4 is 0 Å². The van der Waals surface area contributed by atoms with E-state index in [1.165, 1.54) is 6.20 Å². The lowest BCUT2D eigenvalue weighted by Gasteiger charge is -1.99. The number of nitrogens with one attached hydrogen (secondary N) is 1. The minimum absolute atomic E-state index is 0.111. The highest BCUT2D eigenvalue weighted by Crippen LogP contribution is 2.12. The van der Waals surface area contributed by atoms with E-state index >= 15 is 0 Å². The van der Waals surface area contributed by atoms with E-state index in [4.69, 9.17) is 10.4 Å². The molecule has 2 N–H and O–H groups in total. The molecule has 1 aromatic rings. The second-order valence-corrected chi connectivity index (χ2v) is 1.91. The van der Waals surface area contributed by atoms with Gasteiger partial charge in [-0.25, -0.2) is 0 Å². The molecule has 52 valence electrons. The van der Waals surface area contributed by atoms with Gasteiger partial charge in [0.1, 0.15) is 0 Å². The first-order chi connectivity index (χ1) is 4.84. The predicted molar refractivity (Wildman–Crippen MR) is 33.8 cm³/mol. The Morgan fingerprint density at radius 2 is 2.70 bits per heavy atom. The van der Waals surface area contributed by atoms with E-state index in [1.807, 2.05) is 6.07 Å². The van der Waals surface area contributed by atoms with Crippen molar-refractivity contribution in [1.82, 2.24) is 10.2 Å². The molecule has 0 saturated carbocycles. The van der Waals surface area contributed by atoms with Crippen LogP contribution >= 0.6 is 0 Å². The van der Waals surface area contributed by atoms with Crippen LogP contribution in [0.2, 0.25) is 0 Å². The number of rotatable bonds is 2. The fourth-order valence-electron chi connectivity index (χ4n) is 0.647. The number of aromatic nitrogens is 2. The van der Waals surface area contributed by atoms with Crippen molar-refractivity contribution < 1.29 is 5.11 Å². The van der Waals surface area contributed by atoms with E-state index in [0.29, 0.717) is 5.56 Å². The molecule has 0 aliphatic heterocycles. The highest BCUT2D eigenvalue weighted by Gasteiger charge is 2.06. The first-order valence-corrected chi connectivity index (χ1v) is 2.88. The highest BCUT2D eigenvalue weighted by molar-refractivity contribution is 5.08. The molecule has 10 heavy (non-hydrogen) atoms. The molecule has 0 fully saturated rings. The van der Waals surface area contributed by atoms with Gasteiger partial charge >= 0.3 is 0 Å². The Labute approximate surface area is 58.1 Å². The molecule has 0 radical (unpaired) electrons. The molecular weight excluding hydrogens is 130 g/mol. The summed E-state index contributed by atoms with van der Waals surface area (Å²) in [6, 6.07) is 1.86. The van der Waals surface area contributed by atoms with Crippen LogP contribution in [0.3, 0.4) is 0 Å². The summed E-state index contributed by atoms with van der Waals surface area (Å²) in [6.07, 6.45) is 2.48. The largest absolute Gasteiger partial charge is 0.387 e. The second-order valence-electron chi connectivity index (χ2n) is 1.91. The molecule has 0 aromatic carbocycles. The van der Waals surface area contributed by atoms with Gasteiger partial charge in [-0.2, -0.15) is 10.4 Å².